The quantitative estimate of drug-likeness (QED) is 0.294. The third-order valence-electron chi connectivity index (χ3n) is 4.27. The van der Waals surface area contributed by atoms with Crippen LogP contribution >= 0.6 is 0 Å². The average molecular weight is 255 g/mol. The molecule has 1 heterocycles. The molecule has 0 aromatic heterocycles. The summed E-state index contributed by atoms with van der Waals surface area (Å²) in [4.78, 5) is 12.3. The highest BCUT2D eigenvalue weighted by Crippen LogP contribution is 2.41. The van der Waals surface area contributed by atoms with Gasteiger partial charge in [0.2, 0.25) is 5.91 Å². The van der Waals surface area contributed by atoms with Crippen molar-refractivity contribution in [2.45, 2.75) is 38.6 Å². The SMILES string of the molecule is CC(NC(=O)C1(C(N)=NO)CCC1)C1CCOC1. The van der Waals surface area contributed by atoms with Gasteiger partial charge in [0.05, 0.1) is 6.61 Å². The van der Waals surface area contributed by atoms with Crippen LogP contribution in [0.3, 0.4) is 0 Å². The topological polar surface area (TPSA) is 96.9 Å². The molecule has 2 unspecified atom stereocenters. The molecule has 102 valence electrons. The smallest absolute Gasteiger partial charge is 0.234 e. The molecule has 1 amide bonds. The predicted molar refractivity (Wildman–Crippen MR) is 66.2 cm³/mol. The highest BCUT2D eigenvalue weighted by molar-refractivity contribution is 6.07. The Morgan fingerprint density at radius 3 is 2.78 bits per heavy atom. The summed E-state index contributed by atoms with van der Waals surface area (Å²) in [6.45, 7) is 3.43. The van der Waals surface area contributed by atoms with E-state index in [-0.39, 0.29) is 17.8 Å². The molecule has 1 aliphatic heterocycles. The fourth-order valence-corrected chi connectivity index (χ4v) is 2.64. The molecule has 0 bridgehead atoms. The van der Waals surface area contributed by atoms with Crippen molar-refractivity contribution >= 4 is 11.7 Å². The summed E-state index contributed by atoms with van der Waals surface area (Å²) in [7, 11) is 0. The van der Waals surface area contributed by atoms with Crippen LogP contribution in [-0.4, -0.2) is 36.2 Å². The molecule has 0 aromatic rings. The molecule has 1 saturated heterocycles. The van der Waals surface area contributed by atoms with Crippen LogP contribution in [-0.2, 0) is 9.53 Å². The summed E-state index contributed by atoms with van der Waals surface area (Å²) in [5.74, 6) is 0.267. The second-order valence-electron chi connectivity index (χ2n) is 5.31. The Morgan fingerprint density at radius 1 is 1.61 bits per heavy atom. The number of oxime groups is 1. The highest BCUT2D eigenvalue weighted by atomic mass is 16.5. The Bertz CT molecular complexity index is 346. The molecule has 4 N–H and O–H groups in total. The molecule has 2 atom stereocenters. The molecule has 0 spiro atoms. The molecular weight excluding hydrogens is 234 g/mol. The lowest BCUT2D eigenvalue weighted by molar-refractivity contribution is -0.132. The summed E-state index contributed by atoms with van der Waals surface area (Å²) < 4.78 is 5.31. The van der Waals surface area contributed by atoms with Crippen LogP contribution in [0.15, 0.2) is 5.16 Å². The number of amides is 1. The fourth-order valence-electron chi connectivity index (χ4n) is 2.64. The number of carbonyl (C=O) groups is 1. The zero-order chi connectivity index (χ0) is 13.2. The van der Waals surface area contributed by atoms with E-state index in [1.54, 1.807) is 0 Å². The maximum Gasteiger partial charge on any atom is 0.234 e. The van der Waals surface area contributed by atoms with Gasteiger partial charge in [0.15, 0.2) is 5.84 Å². The lowest BCUT2D eigenvalue weighted by Crippen LogP contribution is -2.56. The molecule has 1 aliphatic carbocycles. The van der Waals surface area contributed by atoms with Crippen molar-refractivity contribution in [3.8, 4) is 0 Å². The minimum Gasteiger partial charge on any atom is -0.409 e. The van der Waals surface area contributed by atoms with E-state index in [1.165, 1.54) is 0 Å². The van der Waals surface area contributed by atoms with Gasteiger partial charge in [0.25, 0.3) is 0 Å². The first-order valence-corrected chi connectivity index (χ1v) is 6.47. The Morgan fingerprint density at radius 2 is 2.33 bits per heavy atom. The van der Waals surface area contributed by atoms with Crippen molar-refractivity contribution in [3.05, 3.63) is 0 Å². The zero-order valence-electron chi connectivity index (χ0n) is 10.7. The molecule has 2 rings (SSSR count). The maximum absolute atomic E-state index is 12.3. The van der Waals surface area contributed by atoms with E-state index in [9.17, 15) is 4.79 Å². The minimum atomic E-state index is -0.789. The molecular formula is C12H21N3O3. The van der Waals surface area contributed by atoms with Gasteiger partial charge in [-0.25, -0.2) is 0 Å². The monoisotopic (exact) mass is 255 g/mol. The van der Waals surface area contributed by atoms with Crippen LogP contribution in [0, 0.1) is 11.3 Å². The fraction of sp³-hybridized carbons (Fsp3) is 0.833. The van der Waals surface area contributed by atoms with Crippen molar-refractivity contribution in [3.63, 3.8) is 0 Å². The normalized spacial score (nSPS) is 28.5. The number of nitrogens with two attached hydrogens (primary N) is 1. The third kappa shape index (κ3) is 2.16. The van der Waals surface area contributed by atoms with E-state index in [2.05, 4.69) is 10.5 Å². The van der Waals surface area contributed by atoms with Gasteiger partial charge in [-0.05, 0) is 26.2 Å². The molecule has 1 saturated carbocycles. The first-order valence-electron chi connectivity index (χ1n) is 6.47. The van der Waals surface area contributed by atoms with Gasteiger partial charge in [-0.2, -0.15) is 0 Å². The number of nitrogens with one attached hydrogen (secondary N) is 1. The first-order chi connectivity index (χ1) is 8.60. The number of hydrogen-bond donors (Lipinski definition) is 3. The summed E-state index contributed by atoms with van der Waals surface area (Å²) in [6.07, 6.45) is 3.22. The van der Waals surface area contributed by atoms with Crippen LogP contribution in [0.25, 0.3) is 0 Å². The second-order valence-corrected chi connectivity index (χ2v) is 5.31. The maximum atomic E-state index is 12.3. The molecule has 6 nitrogen and oxygen atoms in total. The van der Waals surface area contributed by atoms with Crippen molar-refractivity contribution in [2.24, 2.45) is 22.2 Å². The Balaban J connectivity index is 1.98. The van der Waals surface area contributed by atoms with Gasteiger partial charge in [-0.15, -0.1) is 0 Å². The minimum absolute atomic E-state index is 0.0288. The van der Waals surface area contributed by atoms with Crippen molar-refractivity contribution < 1.29 is 14.7 Å². The summed E-state index contributed by atoms with van der Waals surface area (Å²) in [6, 6.07) is 0.0592. The highest BCUT2D eigenvalue weighted by Gasteiger charge is 2.49. The lowest BCUT2D eigenvalue weighted by atomic mass is 9.67. The van der Waals surface area contributed by atoms with E-state index < -0.39 is 5.41 Å². The Labute approximate surface area is 107 Å². The predicted octanol–water partition coefficient (Wildman–Crippen LogP) is 0.444. The number of rotatable bonds is 4. The first kappa shape index (κ1) is 13.1. The number of amidine groups is 1. The number of carbonyl (C=O) groups excluding carboxylic acids is 1. The standard InChI is InChI=1S/C12H21N3O3/c1-8(9-3-6-18-7-9)14-11(16)12(4-2-5-12)10(13)15-17/h8-9,17H,2-7H2,1H3,(H2,13,15)(H,14,16). The zero-order valence-corrected chi connectivity index (χ0v) is 10.7. The van der Waals surface area contributed by atoms with E-state index in [0.717, 1.165) is 19.4 Å². The van der Waals surface area contributed by atoms with Crippen LogP contribution in [0.2, 0.25) is 0 Å². The summed E-state index contributed by atoms with van der Waals surface area (Å²) in [5.41, 5.74) is 4.87. The molecule has 6 heteroatoms. The molecule has 0 aromatic carbocycles. The molecule has 18 heavy (non-hydrogen) atoms. The van der Waals surface area contributed by atoms with Crippen molar-refractivity contribution in [1.29, 1.82) is 0 Å². The van der Waals surface area contributed by atoms with E-state index in [1.807, 2.05) is 6.92 Å². The van der Waals surface area contributed by atoms with Crippen molar-refractivity contribution in [2.75, 3.05) is 13.2 Å². The van der Waals surface area contributed by atoms with Gasteiger partial charge in [0, 0.05) is 18.6 Å². The molecule has 0 radical (unpaired) electrons. The van der Waals surface area contributed by atoms with E-state index in [0.29, 0.717) is 25.4 Å². The lowest BCUT2D eigenvalue weighted by Gasteiger charge is -2.39. The molecule has 2 fully saturated rings. The molecule has 2 aliphatic rings. The van der Waals surface area contributed by atoms with Crippen LogP contribution in [0.1, 0.15) is 32.6 Å². The third-order valence-corrected chi connectivity index (χ3v) is 4.27. The van der Waals surface area contributed by atoms with Crippen molar-refractivity contribution in [1.82, 2.24) is 5.32 Å². The largest absolute Gasteiger partial charge is 0.409 e. The number of hydrogen-bond acceptors (Lipinski definition) is 4. The van der Waals surface area contributed by atoms with Crippen LogP contribution in [0.4, 0.5) is 0 Å². The van der Waals surface area contributed by atoms with E-state index >= 15 is 0 Å². The number of nitrogens with zero attached hydrogens (tertiary/aromatic N) is 1. The Hall–Kier alpha value is -1.30. The summed E-state index contributed by atoms with van der Waals surface area (Å²) >= 11 is 0. The second kappa shape index (κ2) is 5.14. The van der Waals surface area contributed by atoms with E-state index in [4.69, 9.17) is 15.7 Å². The summed E-state index contributed by atoms with van der Waals surface area (Å²) in [5, 5.41) is 14.8. The van der Waals surface area contributed by atoms with Gasteiger partial charge in [0.1, 0.15) is 5.41 Å². The van der Waals surface area contributed by atoms with Gasteiger partial charge >= 0.3 is 0 Å². The van der Waals surface area contributed by atoms with Gasteiger partial charge in [-0.3, -0.25) is 4.79 Å². The Kier molecular flexibility index (Phi) is 3.75. The number of ether oxygens (including phenoxy) is 1. The average Bonchev–Trinajstić information content (AvgIpc) is 2.80. The van der Waals surface area contributed by atoms with Crippen LogP contribution < -0.4 is 11.1 Å². The van der Waals surface area contributed by atoms with Gasteiger partial charge < -0.3 is 21.0 Å². The van der Waals surface area contributed by atoms with Crippen LogP contribution in [0.5, 0.6) is 0 Å². The van der Waals surface area contributed by atoms with Gasteiger partial charge in [-0.1, -0.05) is 11.6 Å².